The van der Waals surface area contributed by atoms with Crippen molar-refractivity contribution in [2.75, 3.05) is 12.4 Å². The Labute approximate surface area is 109 Å². The van der Waals surface area contributed by atoms with Gasteiger partial charge in [0.05, 0.1) is 5.41 Å². The average Bonchev–Trinajstić information content (AvgIpc) is 2.36. The third kappa shape index (κ3) is 3.74. The number of amides is 1. The van der Waals surface area contributed by atoms with Crippen molar-refractivity contribution in [3.8, 4) is 0 Å². The highest BCUT2D eigenvalue weighted by Gasteiger charge is 2.30. The Morgan fingerprint density at radius 1 is 1.29 bits per heavy atom. The first-order chi connectivity index (χ1) is 8.01. The van der Waals surface area contributed by atoms with Crippen LogP contribution in [0.15, 0.2) is 30.3 Å². The first-order valence-corrected chi connectivity index (χ1v) is 6.44. The summed E-state index contributed by atoms with van der Waals surface area (Å²) in [5.74, 6) is 0.454. The SMILES string of the molecule is CCN(Cc1ccccc1)C(=O)C(C)(C)CCl. The molecule has 0 aliphatic rings. The van der Waals surface area contributed by atoms with E-state index in [1.165, 1.54) is 0 Å². The Bertz CT molecular complexity index is 362. The van der Waals surface area contributed by atoms with Gasteiger partial charge in [-0.1, -0.05) is 30.3 Å². The molecule has 17 heavy (non-hydrogen) atoms. The number of carbonyl (C=O) groups is 1. The molecule has 2 nitrogen and oxygen atoms in total. The third-order valence-corrected chi connectivity index (χ3v) is 3.47. The molecule has 0 bridgehead atoms. The summed E-state index contributed by atoms with van der Waals surface area (Å²) in [6.07, 6.45) is 0. The summed E-state index contributed by atoms with van der Waals surface area (Å²) in [6, 6.07) is 10.0. The van der Waals surface area contributed by atoms with Gasteiger partial charge in [0.15, 0.2) is 0 Å². The summed E-state index contributed by atoms with van der Waals surface area (Å²) in [5.41, 5.74) is 0.653. The fourth-order valence-electron chi connectivity index (χ4n) is 1.62. The van der Waals surface area contributed by atoms with Crippen LogP contribution in [-0.2, 0) is 11.3 Å². The van der Waals surface area contributed by atoms with E-state index in [4.69, 9.17) is 11.6 Å². The van der Waals surface area contributed by atoms with E-state index in [1.54, 1.807) is 0 Å². The van der Waals surface area contributed by atoms with Gasteiger partial charge in [0.25, 0.3) is 0 Å². The number of halogens is 1. The highest BCUT2D eigenvalue weighted by atomic mass is 35.5. The van der Waals surface area contributed by atoms with Crippen molar-refractivity contribution in [2.24, 2.45) is 5.41 Å². The van der Waals surface area contributed by atoms with Crippen molar-refractivity contribution in [3.63, 3.8) is 0 Å². The molecule has 0 N–H and O–H groups in total. The normalized spacial score (nSPS) is 11.3. The van der Waals surface area contributed by atoms with E-state index in [0.29, 0.717) is 19.0 Å². The number of benzene rings is 1. The molecule has 0 radical (unpaired) electrons. The van der Waals surface area contributed by atoms with E-state index in [-0.39, 0.29) is 5.91 Å². The minimum Gasteiger partial charge on any atom is -0.338 e. The largest absolute Gasteiger partial charge is 0.338 e. The summed E-state index contributed by atoms with van der Waals surface area (Å²) in [4.78, 5) is 14.1. The van der Waals surface area contributed by atoms with Gasteiger partial charge in [0.1, 0.15) is 0 Å². The minimum atomic E-state index is -0.494. The second-order valence-corrected chi connectivity index (χ2v) is 5.09. The van der Waals surface area contributed by atoms with Crippen LogP contribution in [0.2, 0.25) is 0 Å². The minimum absolute atomic E-state index is 0.110. The Morgan fingerprint density at radius 2 is 1.88 bits per heavy atom. The zero-order valence-electron chi connectivity index (χ0n) is 10.7. The highest BCUT2D eigenvalue weighted by molar-refractivity contribution is 6.19. The smallest absolute Gasteiger partial charge is 0.229 e. The molecule has 0 atom stereocenters. The Balaban J connectivity index is 2.76. The van der Waals surface area contributed by atoms with Crippen molar-refractivity contribution < 1.29 is 4.79 Å². The van der Waals surface area contributed by atoms with Crippen LogP contribution in [-0.4, -0.2) is 23.2 Å². The number of nitrogens with zero attached hydrogens (tertiary/aromatic N) is 1. The molecule has 0 aliphatic carbocycles. The van der Waals surface area contributed by atoms with E-state index in [2.05, 4.69) is 0 Å². The monoisotopic (exact) mass is 253 g/mol. The summed E-state index contributed by atoms with van der Waals surface area (Å²) < 4.78 is 0. The summed E-state index contributed by atoms with van der Waals surface area (Å²) >= 11 is 5.84. The standard InChI is InChI=1S/C14H20ClNO/c1-4-16(13(17)14(2,3)11-15)10-12-8-6-5-7-9-12/h5-9H,4,10-11H2,1-3H3. The van der Waals surface area contributed by atoms with Gasteiger partial charge in [0.2, 0.25) is 5.91 Å². The van der Waals surface area contributed by atoms with E-state index >= 15 is 0 Å². The maximum absolute atomic E-state index is 12.3. The lowest BCUT2D eigenvalue weighted by Gasteiger charge is -2.29. The number of hydrogen-bond acceptors (Lipinski definition) is 1. The first-order valence-electron chi connectivity index (χ1n) is 5.90. The van der Waals surface area contributed by atoms with Crippen LogP contribution < -0.4 is 0 Å². The lowest BCUT2D eigenvalue weighted by Crippen LogP contribution is -2.41. The average molecular weight is 254 g/mol. The molecule has 1 aromatic carbocycles. The first kappa shape index (κ1) is 14.0. The van der Waals surface area contributed by atoms with Crippen molar-refractivity contribution >= 4 is 17.5 Å². The molecule has 0 saturated carbocycles. The van der Waals surface area contributed by atoms with Gasteiger partial charge in [0, 0.05) is 19.0 Å². The molecule has 94 valence electrons. The van der Waals surface area contributed by atoms with Gasteiger partial charge in [-0.05, 0) is 26.3 Å². The van der Waals surface area contributed by atoms with Crippen LogP contribution in [0.25, 0.3) is 0 Å². The lowest BCUT2D eigenvalue weighted by molar-refractivity contribution is -0.139. The van der Waals surface area contributed by atoms with Crippen LogP contribution in [0.4, 0.5) is 0 Å². The quantitative estimate of drug-likeness (QED) is 0.738. The lowest BCUT2D eigenvalue weighted by atomic mass is 9.94. The van der Waals surface area contributed by atoms with E-state index in [0.717, 1.165) is 5.56 Å². The molecule has 0 heterocycles. The topological polar surface area (TPSA) is 20.3 Å². The van der Waals surface area contributed by atoms with Gasteiger partial charge >= 0.3 is 0 Å². The van der Waals surface area contributed by atoms with Gasteiger partial charge in [-0.3, -0.25) is 4.79 Å². The summed E-state index contributed by atoms with van der Waals surface area (Å²) in [5, 5.41) is 0. The summed E-state index contributed by atoms with van der Waals surface area (Å²) in [7, 11) is 0. The van der Waals surface area contributed by atoms with Crippen LogP contribution >= 0.6 is 11.6 Å². The number of alkyl halides is 1. The van der Waals surface area contributed by atoms with Crippen LogP contribution in [0.3, 0.4) is 0 Å². The number of hydrogen-bond donors (Lipinski definition) is 0. The Kier molecular flexibility index (Phi) is 5.01. The third-order valence-electron chi connectivity index (χ3n) is 2.80. The van der Waals surface area contributed by atoms with Crippen molar-refractivity contribution in [2.45, 2.75) is 27.3 Å². The molecule has 0 spiro atoms. The van der Waals surface area contributed by atoms with E-state index < -0.39 is 5.41 Å². The second-order valence-electron chi connectivity index (χ2n) is 4.82. The zero-order valence-corrected chi connectivity index (χ0v) is 11.5. The number of rotatable bonds is 5. The molecule has 1 rings (SSSR count). The van der Waals surface area contributed by atoms with Crippen molar-refractivity contribution in [1.82, 2.24) is 4.90 Å². The van der Waals surface area contributed by atoms with Crippen LogP contribution in [0.5, 0.6) is 0 Å². The molecular weight excluding hydrogens is 234 g/mol. The van der Waals surface area contributed by atoms with Gasteiger partial charge in [-0.2, -0.15) is 0 Å². The highest BCUT2D eigenvalue weighted by Crippen LogP contribution is 2.21. The maximum atomic E-state index is 12.3. The van der Waals surface area contributed by atoms with Crippen LogP contribution in [0.1, 0.15) is 26.3 Å². The van der Waals surface area contributed by atoms with E-state index in [1.807, 2.05) is 56.0 Å². The zero-order chi connectivity index (χ0) is 12.9. The van der Waals surface area contributed by atoms with Crippen molar-refractivity contribution in [1.29, 1.82) is 0 Å². The molecule has 0 unspecified atom stereocenters. The van der Waals surface area contributed by atoms with Gasteiger partial charge in [-0.15, -0.1) is 11.6 Å². The molecule has 1 amide bonds. The van der Waals surface area contributed by atoms with Crippen molar-refractivity contribution in [3.05, 3.63) is 35.9 Å². The maximum Gasteiger partial charge on any atom is 0.229 e. The number of carbonyl (C=O) groups excluding carboxylic acids is 1. The Hall–Kier alpha value is -1.02. The molecular formula is C14H20ClNO. The molecule has 0 saturated heterocycles. The Morgan fingerprint density at radius 3 is 2.35 bits per heavy atom. The summed E-state index contributed by atoms with van der Waals surface area (Å²) in [6.45, 7) is 7.11. The fourth-order valence-corrected chi connectivity index (χ4v) is 1.73. The van der Waals surface area contributed by atoms with Gasteiger partial charge < -0.3 is 4.90 Å². The molecule has 1 aromatic rings. The van der Waals surface area contributed by atoms with E-state index in [9.17, 15) is 4.79 Å². The fraction of sp³-hybridized carbons (Fsp3) is 0.500. The molecule has 0 aromatic heterocycles. The predicted molar refractivity (Wildman–Crippen MR) is 72.0 cm³/mol. The predicted octanol–water partition coefficient (Wildman–Crippen LogP) is 3.30. The molecule has 0 aliphatic heterocycles. The van der Waals surface area contributed by atoms with Gasteiger partial charge in [-0.25, -0.2) is 0 Å². The molecule has 0 fully saturated rings. The van der Waals surface area contributed by atoms with Crippen LogP contribution in [0, 0.1) is 5.41 Å². The second kappa shape index (κ2) is 6.06. The molecule has 3 heteroatoms.